The Labute approximate surface area is 120 Å². The Balaban J connectivity index is 2.29. The zero-order chi connectivity index (χ0) is 14.5. The molecular weight excluding hydrogens is 250 g/mol. The average Bonchev–Trinajstić information content (AvgIpc) is 2.94. The lowest BCUT2D eigenvalue weighted by molar-refractivity contribution is 0.531. The van der Waals surface area contributed by atoms with Gasteiger partial charge in [0.25, 0.3) is 0 Å². The molecule has 0 fully saturated rings. The fourth-order valence-electron chi connectivity index (χ4n) is 2.12. The molecule has 0 aliphatic heterocycles. The molecule has 1 N–H and O–H groups in total. The standard InChI is InChI=1S/C15H23N5/c1-5-9-16-12(4)15-17-18-19-20(15)14-8-6-7-13(10-14)11(2)3/h6-8,10-12,16H,5,9H2,1-4H3. The van der Waals surface area contributed by atoms with Crippen LogP contribution in [0.3, 0.4) is 0 Å². The number of hydrogen-bond acceptors (Lipinski definition) is 4. The molecule has 108 valence electrons. The molecule has 0 aliphatic carbocycles. The largest absolute Gasteiger partial charge is 0.307 e. The average molecular weight is 273 g/mol. The van der Waals surface area contributed by atoms with Crippen LogP contribution < -0.4 is 5.32 Å². The minimum atomic E-state index is 0.132. The van der Waals surface area contributed by atoms with Gasteiger partial charge in [-0.25, -0.2) is 0 Å². The predicted molar refractivity (Wildman–Crippen MR) is 80.0 cm³/mol. The van der Waals surface area contributed by atoms with Crippen molar-refractivity contribution >= 4 is 0 Å². The fraction of sp³-hybridized carbons (Fsp3) is 0.533. The third-order valence-corrected chi connectivity index (χ3v) is 3.36. The van der Waals surface area contributed by atoms with Crippen molar-refractivity contribution < 1.29 is 0 Å². The Kier molecular flexibility index (Phi) is 4.84. The van der Waals surface area contributed by atoms with Crippen molar-refractivity contribution in [3.05, 3.63) is 35.7 Å². The smallest absolute Gasteiger partial charge is 0.173 e. The van der Waals surface area contributed by atoms with Crippen LogP contribution in [0, 0.1) is 0 Å². The summed E-state index contributed by atoms with van der Waals surface area (Å²) in [5.41, 5.74) is 2.31. The molecule has 0 aliphatic rings. The van der Waals surface area contributed by atoms with Gasteiger partial charge in [0, 0.05) is 0 Å². The van der Waals surface area contributed by atoms with Crippen LogP contribution in [-0.2, 0) is 0 Å². The van der Waals surface area contributed by atoms with Crippen LogP contribution >= 0.6 is 0 Å². The summed E-state index contributed by atoms with van der Waals surface area (Å²) in [6.07, 6.45) is 1.09. The lowest BCUT2D eigenvalue weighted by Gasteiger charge is -2.14. The Morgan fingerprint density at radius 2 is 2.05 bits per heavy atom. The highest BCUT2D eigenvalue weighted by molar-refractivity contribution is 5.37. The number of aromatic nitrogens is 4. The summed E-state index contributed by atoms with van der Waals surface area (Å²) in [5.74, 6) is 1.34. The monoisotopic (exact) mass is 273 g/mol. The molecule has 2 aromatic rings. The Morgan fingerprint density at radius 1 is 1.25 bits per heavy atom. The molecule has 0 spiro atoms. The number of benzene rings is 1. The molecule has 0 bridgehead atoms. The van der Waals surface area contributed by atoms with E-state index in [1.165, 1.54) is 5.56 Å². The van der Waals surface area contributed by atoms with Crippen LogP contribution in [0.4, 0.5) is 0 Å². The third-order valence-electron chi connectivity index (χ3n) is 3.36. The summed E-state index contributed by atoms with van der Waals surface area (Å²) in [4.78, 5) is 0. The van der Waals surface area contributed by atoms with Crippen LogP contribution in [0.15, 0.2) is 24.3 Å². The second kappa shape index (κ2) is 6.61. The molecule has 0 saturated heterocycles. The summed E-state index contributed by atoms with van der Waals surface area (Å²) in [5, 5.41) is 15.5. The summed E-state index contributed by atoms with van der Waals surface area (Å²) in [6, 6.07) is 8.51. The Hall–Kier alpha value is -1.75. The van der Waals surface area contributed by atoms with E-state index in [0.29, 0.717) is 5.92 Å². The van der Waals surface area contributed by atoms with Gasteiger partial charge in [0.15, 0.2) is 5.82 Å². The van der Waals surface area contributed by atoms with E-state index in [4.69, 9.17) is 0 Å². The van der Waals surface area contributed by atoms with E-state index in [1.807, 2.05) is 10.7 Å². The predicted octanol–water partition coefficient (Wildman–Crippen LogP) is 2.85. The number of hydrogen-bond donors (Lipinski definition) is 1. The summed E-state index contributed by atoms with van der Waals surface area (Å²) in [6.45, 7) is 9.56. The van der Waals surface area contributed by atoms with Crippen molar-refractivity contribution in [2.24, 2.45) is 0 Å². The lowest BCUT2D eigenvalue weighted by atomic mass is 10.0. The molecule has 1 aromatic carbocycles. The van der Waals surface area contributed by atoms with Crippen molar-refractivity contribution in [3.8, 4) is 5.69 Å². The van der Waals surface area contributed by atoms with Crippen LogP contribution in [0.5, 0.6) is 0 Å². The molecule has 1 aromatic heterocycles. The SMILES string of the molecule is CCCNC(C)c1nnnn1-c1cccc(C(C)C)c1. The van der Waals surface area contributed by atoms with Gasteiger partial charge in [0.2, 0.25) is 0 Å². The molecule has 0 amide bonds. The number of nitrogens with one attached hydrogen (secondary N) is 1. The first-order chi connectivity index (χ1) is 9.63. The first kappa shape index (κ1) is 14.7. The Bertz CT molecular complexity index is 547. The van der Waals surface area contributed by atoms with Gasteiger partial charge < -0.3 is 5.32 Å². The molecule has 20 heavy (non-hydrogen) atoms. The highest BCUT2D eigenvalue weighted by Crippen LogP contribution is 2.19. The topological polar surface area (TPSA) is 55.6 Å². The van der Waals surface area contributed by atoms with Gasteiger partial charge in [-0.05, 0) is 53.9 Å². The number of rotatable bonds is 6. The zero-order valence-corrected chi connectivity index (χ0v) is 12.7. The first-order valence-electron chi connectivity index (χ1n) is 7.25. The second-order valence-corrected chi connectivity index (χ2v) is 5.37. The maximum Gasteiger partial charge on any atom is 0.173 e. The minimum Gasteiger partial charge on any atom is -0.307 e. The highest BCUT2D eigenvalue weighted by atomic mass is 15.5. The van der Waals surface area contributed by atoms with E-state index >= 15 is 0 Å². The maximum absolute atomic E-state index is 4.16. The molecule has 0 radical (unpaired) electrons. The van der Waals surface area contributed by atoms with Crippen LogP contribution in [-0.4, -0.2) is 26.8 Å². The van der Waals surface area contributed by atoms with E-state index in [-0.39, 0.29) is 6.04 Å². The van der Waals surface area contributed by atoms with E-state index < -0.39 is 0 Å². The molecular formula is C15H23N5. The van der Waals surface area contributed by atoms with Gasteiger partial charge in [-0.15, -0.1) is 5.10 Å². The molecule has 5 nitrogen and oxygen atoms in total. The zero-order valence-electron chi connectivity index (χ0n) is 12.7. The van der Waals surface area contributed by atoms with E-state index in [9.17, 15) is 0 Å². The van der Waals surface area contributed by atoms with Gasteiger partial charge >= 0.3 is 0 Å². The normalized spacial score (nSPS) is 12.8. The summed E-state index contributed by atoms with van der Waals surface area (Å²) in [7, 11) is 0. The molecule has 2 rings (SSSR count). The summed E-state index contributed by atoms with van der Waals surface area (Å²) < 4.78 is 1.82. The van der Waals surface area contributed by atoms with Crippen molar-refractivity contribution in [3.63, 3.8) is 0 Å². The summed E-state index contributed by atoms with van der Waals surface area (Å²) >= 11 is 0. The van der Waals surface area contributed by atoms with Gasteiger partial charge in [-0.3, -0.25) is 0 Å². The van der Waals surface area contributed by atoms with E-state index in [0.717, 1.165) is 24.5 Å². The fourth-order valence-corrected chi connectivity index (χ4v) is 2.12. The van der Waals surface area contributed by atoms with Crippen molar-refractivity contribution in [1.29, 1.82) is 0 Å². The van der Waals surface area contributed by atoms with Gasteiger partial charge in [0.1, 0.15) is 0 Å². The van der Waals surface area contributed by atoms with E-state index in [1.54, 1.807) is 0 Å². The van der Waals surface area contributed by atoms with Crippen molar-refractivity contribution in [2.75, 3.05) is 6.54 Å². The van der Waals surface area contributed by atoms with Crippen LogP contribution in [0.1, 0.15) is 57.5 Å². The van der Waals surface area contributed by atoms with Crippen LogP contribution in [0.2, 0.25) is 0 Å². The highest BCUT2D eigenvalue weighted by Gasteiger charge is 2.15. The molecule has 1 unspecified atom stereocenters. The number of nitrogens with zero attached hydrogens (tertiary/aromatic N) is 4. The molecule has 1 heterocycles. The van der Waals surface area contributed by atoms with Gasteiger partial charge in [0.05, 0.1) is 11.7 Å². The number of tetrazole rings is 1. The third kappa shape index (κ3) is 3.22. The first-order valence-corrected chi connectivity index (χ1v) is 7.25. The van der Waals surface area contributed by atoms with E-state index in [2.05, 4.69) is 66.7 Å². The molecule has 0 saturated carbocycles. The van der Waals surface area contributed by atoms with Gasteiger partial charge in [-0.1, -0.05) is 32.9 Å². The molecule has 5 heteroatoms. The lowest BCUT2D eigenvalue weighted by Crippen LogP contribution is -2.22. The Morgan fingerprint density at radius 3 is 2.75 bits per heavy atom. The van der Waals surface area contributed by atoms with Crippen molar-refractivity contribution in [1.82, 2.24) is 25.5 Å². The quantitative estimate of drug-likeness (QED) is 0.879. The van der Waals surface area contributed by atoms with Crippen molar-refractivity contribution in [2.45, 2.75) is 46.1 Å². The molecule has 1 atom stereocenters. The maximum atomic E-state index is 4.16. The van der Waals surface area contributed by atoms with Crippen LogP contribution in [0.25, 0.3) is 5.69 Å². The minimum absolute atomic E-state index is 0.132. The second-order valence-electron chi connectivity index (χ2n) is 5.37. The van der Waals surface area contributed by atoms with Gasteiger partial charge in [-0.2, -0.15) is 4.68 Å².